The lowest BCUT2D eigenvalue weighted by molar-refractivity contribution is -0.149. The van der Waals surface area contributed by atoms with Crippen LogP contribution in [0.15, 0.2) is 0 Å². The van der Waals surface area contributed by atoms with Crippen LogP contribution in [0.4, 0.5) is 0 Å². The van der Waals surface area contributed by atoms with Crippen LogP contribution in [0.2, 0.25) is 0 Å². The van der Waals surface area contributed by atoms with Crippen molar-refractivity contribution in [3.05, 3.63) is 0 Å². The van der Waals surface area contributed by atoms with E-state index in [0.29, 0.717) is 13.0 Å². The second kappa shape index (κ2) is 6.51. The zero-order valence-electron chi connectivity index (χ0n) is 10.2. The van der Waals surface area contributed by atoms with Crippen LogP contribution in [0.25, 0.3) is 0 Å². The highest BCUT2D eigenvalue weighted by molar-refractivity contribution is 5.74. The zero-order chi connectivity index (χ0) is 12.0. The SMILES string of the molecule is CCCC(=O)OC[C@H]1CCCCN1C(C)=O. The molecule has 1 aliphatic heterocycles. The van der Waals surface area contributed by atoms with Crippen molar-refractivity contribution >= 4 is 11.9 Å². The summed E-state index contributed by atoms with van der Waals surface area (Å²) in [4.78, 5) is 24.4. The van der Waals surface area contributed by atoms with Gasteiger partial charge in [0.2, 0.25) is 5.91 Å². The number of nitrogens with zero attached hydrogens (tertiary/aromatic N) is 1. The third-order valence-corrected chi connectivity index (χ3v) is 2.92. The molecule has 1 amide bonds. The number of ether oxygens (including phenoxy) is 1. The van der Waals surface area contributed by atoms with E-state index in [1.165, 1.54) is 0 Å². The Kier molecular flexibility index (Phi) is 5.29. The molecule has 0 spiro atoms. The second-order valence-electron chi connectivity index (χ2n) is 4.30. The number of likely N-dealkylation sites (tertiary alicyclic amines) is 1. The molecule has 0 aliphatic carbocycles. The molecule has 1 heterocycles. The van der Waals surface area contributed by atoms with Crippen LogP contribution < -0.4 is 0 Å². The fourth-order valence-electron chi connectivity index (χ4n) is 2.05. The van der Waals surface area contributed by atoms with E-state index in [9.17, 15) is 9.59 Å². The van der Waals surface area contributed by atoms with E-state index in [0.717, 1.165) is 32.2 Å². The van der Waals surface area contributed by atoms with Gasteiger partial charge in [-0.2, -0.15) is 0 Å². The predicted octanol–water partition coefficient (Wildman–Crippen LogP) is 1.73. The summed E-state index contributed by atoms with van der Waals surface area (Å²) in [5.41, 5.74) is 0. The Morgan fingerprint density at radius 1 is 1.38 bits per heavy atom. The van der Waals surface area contributed by atoms with Gasteiger partial charge in [-0.05, 0) is 25.7 Å². The topological polar surface area (TPSA) is 46.6 Å². The molecule has 0 N–H and O–H groups in total. The van der Waals surface area contributed by atoms with E-state index in [1.54, 1.807) is 6.92 Å². The van der Waals surface area contributed by atoms with Crippen LogP contribution in [-0.2, 0) is 14.3 Å². The van der Waals surface area contributed by atoms with Crippen molar-refractivity contribution in [3.63, 3.8) is 0 Å². The van der Waals surface area contributed by atoms with E-state index in [4.69, 9.17) is 4.74 Å². The molecule has 0 bridgehead atoms. The van der Waals surface area contributed by atoms with Crippen molar-refractivity contribution in [2.45, 2.75) is 52.0 Å². The molecule has 0 aromatic rings. The van der Waals surface area contributed by atoms with Crippen LogP contribution >= 0.6 is 0 Å². The monoisotopic (exact) mass is 227 g/mol. The molecule has 0 unspecified atom stereocenters. The molecular weight excluding hydrogens is 206 g/mol. The number of esters is 1. The van der Waals surface area contributed by atoms with Gasteiger partial charge in [0.05, 0.1) is 6.04 Å². The highest BCUT2D eigenvalue weighted by Gasteiger charge is 2.25. The molecule has 0 aromatic heterocycles. The van der Waals surface area contributed by atoms with Crippen LogP contribution in [0.1, 0.15) is 46.0 Å². The molecule has 1 atom stereocenters. The van der Waals surface area contributed by atoms with Crippen LogP contribution in [0, 0.1) is 0 Å². The second-order valence-corrected chi connectivity index (χ2v) is 4.30. The quantitative estimate of drug-likeness (QED) is 0.687. The van der Waals surface area contributed by atoms with Crippen molar-refractivity contribution in [2.24, 2.45) is 0 Å². The number of amides is 1. The molecule has 92 valence electrons. The van der Waals surface area contributed by atoms with Gasteiger partial charge in [0, 0.05) is 19.9 Å². The zero-order valence-corrected chi connectivity index (χ0v) is 10.2. The van der Waals surface area contributed by atoms with Gasteiger partial charge in [0.1, 0.15) is 6.61 Å². The highest BCUT2D eigenvalue weighted by Crippen LogP contribution is 2.17. The molecule has 4 nitrogen and oxygen atoms in total. The first-order valence-corrected chi connectivity index (χ1v) is 6.08. The predicted molar refractivity (Wildman–Crippen MR) is 60.9 cm³/mol. The summed E-state index contributed by atoms with van der Waals surface area (Å²) in [5, 5.41) is 0. The third kappa shape index (κ3) is 3.83. The van der Waals surface area contributed by atoms with Crippen molar-refractivity contribution < 1.29 is 14.3 Å². The van der Waals surface area contributed by atoms with E-state index in [2.05, 4.69) is 0 Å². The maximum Gasteiger partial charge on any atom is 0.305 e. The molecule has 1 aliphatic rings. The number of piperidine rings is 1. The van der Waals surface area contributed by atoms with E-state index in [-0.39, 0.29) is 17.9 Å². The first-order chi connectivity index (χ1) is 7.65. The van der Waals surface area contributed by atoms with Crippen LogP contribution in [0.3, 0.4) is 0 Å². The largest absolute Gasteiger partial charge is 0.463 e. The first kappa shape index (κ1) is 13.0. The smallest absolute Gasteiger partial charge is 0.305 e. The maximum absolute atomic E-state index is 11.4. The standard InChI is InChI=1S/C12H21NO3/c1-3-6-12(15)16-9-11-7-4-5-8-13(11)10(2)14/h11H,3-9H2,1-2H3/t11-/m1/s1. The van der Waals surface area contributed by atoms with Gasteiger partial charge < -0.3 is 9.64 Å². The average molecular weight is 227 g/mol. The molecule has 4 heteroatoms. The van der Waals surface area contributed by atoms with Crippen molar-refractivity contribution in [1.82, 2.24) is 4.90 Å². The van der Waals surface area contributed by atoms with Crippen molar-refractivity contribution in [3.8, 4) is 0 Å². The molecule has 0 aromatic carbocycles. The summed E-state index contributed by atoms with van der Waals surface area (Å²) in [5.74, 6) is -0.0761. The van der Waals surface area contributed by atoms with Gasteiger partial charge in [-0.1, -0.05) is 6.92 Å². The van der Waals surface area contributed by atoms with Crippen molar-refractivity contribution in [1.29, 1.82) is 0 Å². The summed E-state index contributed by atoms with van der Waals surface area (Å²) in [6, 6.07) is 0.0899. The molecule has 1 saturated heterocycles. The molecule has 0 radical (unpaired) electrons. The lowest BCUT2D eigenvalue weighted by atomic mass is 10.0. The minimum atomic E-state index is -0.156. The maximum atomic E-state index is 11.4. The summed E-state index contributed by atoms with van der Waals surface area (Å²) < 4.78 is 5.17. The fraction of sp³-hybridized carbons (Fsp3) is 0.833. The highest BCUT2D eigenvalue weighted by atomic mass is 16.5. The summed E-state index contributed by atoms with van der Waals surface area (Å²) in [6.07, 6.45) is 4.38. The van der Waals surface area contributed by atoms with Gasteiger partial charge in [-0.15, -0.1) is 0 Å². The third-order valence-electron chi connectivity index (χ3n) is 2.92. The van der Waals surface area contributed by atoms with Crippen LogP contribution in [0.5, 0.6) is 0 Å². The van der Waals surface area contributed by atoms with E-state index in [1.807, 2.05) is 11.8 Å². The fourth-order valence-corrected chi connectivity index (χ4v) is 2.05. The van der Waals surface area contributed by atoms with Crippen molar-refractivity contribution in [2.75, 3.05) is 13.2 Å². The van der Waals surface area contributed by atoms with E-state index >= 15 is 0 Å². The van der Waals surface area contributed by atoms with Gasteiger partial charge in [-0.25, -0.2) is 0 Å². The van der Waals surface area contributed by atoms with Gasteiger partial charge in [0.25, 0.3) is 0 Å². The number of hydrogen-bond acceptors (Lipinski definition) is 3. The minimum absolute atomic E-state index is 0.0799. The van der Waals surface area contributed by atoms with Gasteiger partial charge >= 0.3 is 5.97 Å². The minimum Gasteiger partial charge on any atom is -0.463 e. The summed E-state index contributed by atoms with van der Waals surface area (Å²) >= 11 is 0. The number of hydrogen-bond donors (Lipinski definition) is 0. The Bertz CT molecular complexity index is 253. The molecule has 1 fully saturated rings. The lowest BCUT2D eigenvalue weighted by Gasteiger charge is -2.34. The Morgan fingerprint density at radius 3 is 2.75 bits per heavy atom. The Hall–Kier alpha value is -1.06. The molecule has 0 saturated carbocycles. The Labute approximate surface area is 96.9 Å². The number of rotatable bonds is 4. The average Bonchev–Trinajstić information content (AvgIpc) is 2.27. The number of carbonyl (C=O) groups is 2. The lowest BCUT2D eigenvalue weighted by Crippen LogP contribution is -2.45. The number of carbonyl (C=O) groups excluding carboxylic acids is 2. The molecule has 1 rings (SSSR count). The Balaban J connectivity index is 2.38. The molecular formula is C12H21NO3. The normalized spacial score (nSPS) is 20.6. The summed E-state index contributed by atoms with van der Waals surface area (Å²) in [7, 11) is 0. The van der Waals surface area contributed by atoms with Gasteiger partial charge in [-0.3, -0.25) is 9.59 Å². The van der Waals surface area contributed by atoms with Gasteiger partial charge in [0.15, 0.2) is 0 Å². The van der Waals surface area contributed by atoms with Crippen LogP contribution in [-0.4, -0.2) is 36.0 Å². The Morgan fingerprint density at radius 2 is 2.12 bits per heavy atom. The first-order valence-electron chi connectivity index (χ1n) is 6.08. The summed E-state index contributed by atoms with van der Waals surface area (Å²) in [6.45, 7) is 4.68. The molecule has 16 heavy (non-hydrogen) atoms. The van der Waals surface area contributed by atoms with E-state index < -0.39 is 0 Å².